The van der Waals surface area contributed by atoms with Crippen LogP contribution in [0.15, 0.2) is 36.4 Å². The van der Waals surface area contributed by atoms with Crippen LogP contribution in [0.3, 0.4) is 0 Å². The lowest BCUT2D eigenvalue weighted by atomic mass is 10.0. The van der Waals surface area contributed by atoms with E-state index in [2.05, 4.69) is 5.32 Å². The lowest BCUT2D eigenvalue weighted by Crippen LogP contribution is -2.29. The number of benzene rings is 2. The highest BCUT2D eigenvalue weighted by atomic mass is 16.5. The monoisotopic (exact) mass is 284 g/mol. The van der Waals surface area contributed by atoms with Crippen LogP contribution in [0.5, 0.6) is 5.75 Å². The van der Waals surface area contributed by atoms with E-state index in [9.17, 15) is 9.90 Å². The van der Waals surface area contributed by atoms with Crippen LogP contribution in [0.1, 0.15) is 18.6 Å². The Morgan fingerprint density at radius 3 is 2.86 bits per heavy atom. The number of aliphatic hydroxyl groups is 1. The first-order valence-electron chi connectivity index (χ1n) is 6.59. The smallest absolute Gasteiger partial charge is 0.258 e. The van der Waals surface area contributed by atoms with Crippen LogP contribution >= 0.6 is 0 Å². The summed E-state index contributed by atoms with van der Waals surface area (Å²) in [4.78, 5) is 11.5. The van der Waals surface area contributed by atoms with E-state index in [1.165, 1.54) is 0 Å². The van der Waals surface area contributed by atoms with Crippen molar-refractivity contribution in [1.29, 1.82) is 5.26 Å². The van der Waals surface area contributed by atoms with Gasteiger partial charge in [-0.15, -0.1) is 0 Å². The zero-order valence-corrected chi connectivity index (χ0v) is 11.7. The second kappa shape index (κ2) is 6.73. The van der Waals surface area contributed by atoms with Gasteiger partial charge in [-0.3, -0.25) is 4.79 Å². The zero-order chi connectivity index (χ0) is 15.2. The summed E-state index contributed by atoms with van der Waals surface area (Å²) in [5.74, 6) is 0.122. The molecule has 5 nitrogen and oxygen atoms in total. The number of carbonyl (C=O) groups excluding carboxylic acids is 1. The molecule has 108 valence electrons. The van der Waals surface area contributed by atoms with Crippen LogP contribution in [0.25, 0.3) is 10.8 Å². The topological polar surface area (TPSA) is 82.3 Å². The van der Waals surface area contributed by atoms with Crippen molar-refractivity contribution in [2.75, 3.05) is 13.2 Å². The van der Waals surface area contributed by atoms with Gasteiger partial charge in [0.05, 0.1) is 12.2 Å². The van der Waals surface area contributed by atoms with Gasteiger partial charge < -0.3 is 15.2 Å². The minimum atomic E-state index is -0.702. The van der Waals surface area contributed by atoms with E-state index in [0.717, 1.165) is 10.8 Å². The highest BCUT2D eigenvalue weighted by Gasteiger charge is 2.14. The fraction of sp³-hybridized carbons (Fsp3) is 0.250. The minimum Gasteiger partial charge on any atom is -0.483 e. The van der Waals surface area contributed by atoms with E-state index in [-0.39, 0.29) is 19.1 Å². The van der Waals surface area contributed by atoms with E-state index in [1.807, 2.05) is 36.4 Å². The maximum absolute atomic E-state index is 11.5. The molecule has 21 heavy (non-hydrogen) atoms. The fourth-order valence-corrected chi connectivity index (χ4v) is 2.08. The molecule has 0 fully saturated rings. The van der Waals surface area contributed by atoms with Gasteiger partial charge >= 0.3 is 0 Å². The number of carbonyl (C=O) groups is 1. The van der Waals surface area contributed by atoms with E-state index < -0.39 is 6.10 Å². The molecule has 1 amide bonds. The third-order valence-electron chi connectivity index (χ3n) is 3.07. The molecule has 0 aliphatic rings. The number of hydrogen-bond donors (Lipinski definition) is 2. The van der Waals surface area contributed by atoms with Gasteiger partial charge in [0.2, 0.25) is 0 Å². The van der Waals surface area contributed by atoms with Gasteiger partial charge in [0.15, 0.2) is 6.61 Å². The normalized spacial score (nSPS) is 11.7. The number of hydrogen-bond acceptors (Lipinski definition) is 4. The molecule has 0 radical (unpaired) electrons. The Morgan fingerprint density at radius 2 is 2.14 bits per heavy atom. The Bertz CT molecular complexity index is 689. The van der Waals surface area contributed by atoms with Crippen molar-refractivity contribution in [3.05, 3.63) is 42.0 Å². The van der Waals surface area contributed by atoms with Gasteiger partial charge in [-0.2, -0.15) is 5.26 Å². The first-order chi connectivity index (χ1) is 10.1. The minimum absolute atomic E-state index is 0.0546. The summed E-state index contributed by atoms with van der Waals surface area (Å²) in [7, 11) is 0. The Balaban J connectivity index is 2.29. The lowest BCUT2D eigenvalue weighted by molar-refractivity contribution is -0.122. The Morgan fingerprint density at radius 1 is 1.38 bits per heavy atom. The Kier molecular flexibility index (Phi) is 4.75. The third kappa shape index (κ3) is 3.50. The van der Waals surface area contributed by atoms with Crippen molar-refractivity contribution in [1.82, 2.24) is 5.32 Å². The summed E-state index contributed by atoms with van der Waals surface area (Å²) >= 11 is 0. The second-order valence-electron chi connectivity index (χ2n) is 4.60. The molecule has 0 unspecified atom stereocenters. The van der Waals surface area contributed by atoms with E-state index in [0.29, 0.717) is 11.3 Å². The average molecular weight is 284 g/mol. The molecular weight excluding hydrogens is 268 g/mol. The second-order valence-corrected chi connectivity index (χ2v) is 4.60. The maximum Gasteiger partial charge on any atom is 0.258 e. The molecule has 0 spiro atoms. The third-order valence-corrected chi connectivity index (χ3v) is 3.07. The summed E-state index contributed by atoms with van der Waals surface area (Å²) in [6, 6.07) is 13.1. The van der Waals surface area contributed by atoms with Crippen molar-refractivity contribution in [3.63, 3.8) is 0 Å². The molecule has 0 bridgehead atoms. The van der Waals surface area contributed by atoms with Gasteiger partial charge in [0.25, 0.3) is 5.91 Å². The van der Waals surface area contributed by atoms with E-state index >= 15 is 0 Å². The number of nitriles is 1. The highest BCUT2D eigenvalue weighted by molar-refractivity contribution is 5.90. The summed E-state index contributed by atoms with van der Waals surface area (Å²) in [6.07, 6.45) is -0.702. The lowest BCUT2D eigenvalue weighted by Gasteiger charge is -2.15. The van der Waals surface area contributed by atoms with Crippen LogP contribution in [-0.4, -0.2) is 24.2 Å². The van der Waals surface area contributed by atoms with Crippen molar-refractivity contribution in [2.24, 2.45) is 0 Å². The van der Waals surface area contributed by atoms with Crippen molar-refractivity contribution < 1.29 is 14.6 Å². The standard InChI is InChI=1S/C16H16N2O3/c1-11(19)13-7-6-12-4-2-3-5-14(12)16(13)21-10-15(20)18-9-8-17/h2-7,11,19H,9-10H2,1H3,(H,18,20)/t11-/m0/s1. The SMILES string of the molecule is C[C@H](O)c1ccc2ccccc2c1OCC(=O)NCC#N. The molecule has 0 saturated heterocycles. The Labute approximate surface area is 122 Å². The summed E-state index contributed by atoms with van der Waals surface area (Å²) < 4.78 is 5.59. The molecule has 2 aromatic carbocycles. The van der Waals surface area contributed by atoms with Crippen molar-refractivity contribution in [3.8, 4) is 11.8 Å². The number of aliphatic hydroxyl groups excluding tert-OH is 1. The van der Waals surface area contributed by atoms with Gasteiger partial charge in [0.1, 0.15) is 12.3 Å². The first-order valence-corrected chi connectivity index (χ1v) is 6.59. The molecule has 1 atom stereocenters. The quantitative estimate of drug-likeness (QED) is 0.822. The van der Waals surface area contributed by atoms with Crippen LogP contribution in [0.2, 0.25) is 0 Å². The molecule has 0 aliphatic heterocycles. The molecule has 0 aliphatic carbocycles. The largest absolute Gasteiger partial charge is 0.483 e. The zero-order valence-electron chi connectivity index (χ0n) is 11.7. The van der Waals surface area contributed by atoms with Crippen LogP contribution < -0.4 is 10.1 Å². The number of nitrogens with one attached hydrogen (secondary N) is 1. The molecule has 0 heterocycles. The first kappa shape index (κ1) is 14.8. The van der Waals surface area contributed by atoms with Gasteiger partial charge in [-0.25, -0.2) is 0 Å². The molecular formula is C16H16N2O3. The fourth-order valence-electron chi connectivity index (χ4n) is 2.08. The maximum atomic E-state index is 11.5. The van der Waals surface area contributed by atoms with Gasteiger partial charge in [-0.05, 0) is 12.3 Å². The Hall–Kier alpha value is -2.58. The molecule has 2 aromatic rings. The molecule has 0 saturated carbocycles. The molecule has 2 N–H and O–H groups in total. The van der Waals surface area contributed by atoms with E-state index in [4.69, 9.17) is 10.00 Å². The average Bonchev–Trinajstić information content (AvgIpc) is 2.50. The van der Waals surface area contributed by atoms with Gasteiger partial charge in [-0.1, -0.05) is 36.4 Å². The summed E-state index contributed by atoms with van der Waals surface area (Å²) in [5, 5.41) is 22.5. The highest BCUT2D eigenvalue weighted by Crippen LogP contribution is 2.33. The number of amides is 1. The summed E-state index contributed by atoms with van der Waals surface area (Å²) in [6.45, 7) is 1.39. The van der Waals surface area contributed by atoms with Crippen LogP contribution in [0.4, 0.5) is 0 Å². The predicted octanol–water partition coefficient (Wildman–Crippen LogP) is 1.91. The molecule has 0 aromatic heterocycles. The number of fused-ring (bicyclic) bond motifs is 1. The van der Waals surface area contributed by atoms with E-state index in [1.54, 1.807) is 13.0 Å². The predicted molar refractivity (Wildman–Crippen MR) is 78.7 cm³/mol. The number of rotatable bonds is 5. The van der Waals surface area contributed by atoms with Gasteiger partial charge in [0, 0.05) is 10.9 Å². The number of nitrogens with zero attached hydrogens (tertiary/aromatic N) is 1. The molecule has 2 rings (SSSR count). The molecule has 5 heteroatoms. The van der Waals surface area contributed by atoms with Crippen LogP contribution in [0, 0.1) is 11.3 Å². The number of ether oxygens (including phenoxy) is 1. The summed E-state index contributed by atoms with van der Waals surface area (Å²) in [5.41, 5.74) is 0.627. The van der Waals surface area contributed by atoms with Crippen molar-refractivity contribution >= 4 is 16.7 Å². The van der Waals surface area contributed by atoms with Crippen molar-refractivity contribution in [2.45, 2.75) is 13.0 Å². The van der Waals surface area contributed by atoms with Crippen LogP contribution in [-0.2, 0) is 4.79 Å².